The molecule has 1 N–H and O–H groups in total. The highest BCUT2D eigenvalue weighted by atomic mass is 32.2. The molecule has 1 amide bonds. The van der Waals surface area contributed by atoms with Crippen molar-refractivity contribution in [3.05, 3.63) is 95.3 Å². The minimum Gasteiger partial charge on any atom is -0.494 e. The molecule has 1 aromatic heterocycles. The number of anilines is 1. The number of aryl methyl sites for hydroxylation is 2. The van der Waals surface area contributed by atoms with Gasteiger partial charge < -0.3 is 18.8 Å². The zero-order valence-corrected chi connectivity index (χ0v) is 25.9. The number of hydrazone groups is 1. The van der Waals surface area contributed by atoms with Crippen LogP contribution in [0.3, 0.4) is 0 Å². The first kappa shape index (κ1) is 31.2. The maximum Gasteiger partial charge on any atom is 0.264 e. The summed E-state index contributed by atoms with van der Waals surface area (Å²) in [5.74, 6) is 0.573. The van der Waals surface area contributed by atoms with Gasteiger partial charge in [0.2, 0.25) is 0 Å². The molecule has 43 heavy (non-hydrogen) atoms. The summed E-state index contributed by atoms with van der Waals surface area (Å²) in [5, 5.41) is 4.14. The van der Waals surface area contributed by atoms with Crippen molar-refractivity contribution in [3.63, 3.8) is 0 Å². The molecule has 4 aromatic rings. The highest BCUT2D eigenvalue weighted by Crippen LogP contribution is 2.32. The van der Waals surface area contributed by atoms with Crippen LogP contribution in [-0.4, -0.2) is 52.5 Å². The van der Waals surface area contributed by atoms with Gasteiger partial charge in [-0.15, -0.1) is 0 Å². The first-order valence-electron chi connectivity index (χ1n) is 13.6. The van der Waals surface area contributed by atoms with Crippen LogP contribution in [0.5, 0.6) is 17.2 Å². The molecule has 3 aromatic carbocycles. The summed E-state index contributed by atoms with van der Waals surface area (Å²) >= 11 is 0. The molecule has 0 aliphatic carbocycles. The third-order valence-electron chi connectivity index (χ3n) is 6.79. The molecular weight excluding hydrogens is 568 g/mol. The first-order valence-corrected chi connectivity index (χ1v) is 15.1. The lowest BCUT2D eigenvalue weighted by molar-refractivity contribution is -0.119. The lowest BCUT2D eigenvalue weighted by atomic mass is 10.2. The Morgan fingerprint density at radius 3 is 2.33 bits per heavy atom. The number of methoxy groups -OCH3 is 2. The summed E-state index contributed by atoms with van der Waals surface area (Å²) in [4.78, 5) is 13.0. The summed E-state index contributed by atoms with van der Waals surface area (Å²) in [5.41, 5.74) is 7.72. The van der Waals surface area contributed by atoms with E-state index >= 15 is 0 Å². The Morgan fingerprint density at radius 2 is 1.67 bits per heavy atom. The molecular formula is C32H36N4O6S. The van der Waals surface area contributed by atoms with Crippen LogP contribution in [0.25, 0.3) is 5.69 Å². The fraction of sp³-hybridized carbons (Fsp3) is 0.250. The van der Waals surface area contributed by atoms with E-state index in [1.54, 1.807) is 30.5 Å². The van der Waals surface area contributed by atoms with Crippen LogP contribution in [0.2, 0.25) is 0 Å². The van der Waals surface area contributed by atoms with E-state index in [9.17, 15) is 13.2 Å². The molecule has 0 bridgehead atoms. The summed E-state index contributed by atoms with van der Waals surface area (Å²) in [7, 11) is -1.33. The number of hydrogen-bond donors (Lipinski definition) is 1. The van der Waals surface area contributed by atoms with Gasteiger partial charge in [-0.25, -0.2) is 13.8 Å². The van der Waals surface area contributed by atoms with E-state index in [2.05, 4.69) is 21.2 Å². The van der Waals surface area contributed by atoms with Crippen LogP contribution in [0, 0.1) is 20.8 Å². The van der Waals surface area contributed by atoms with Crippen LogP contribution in [-0.2, 0) is 14.8 Å². The maximum atomic E-state index is 13.9. The van der Waals surface area contributed by atoms with Crippen molar-refractivity contribution in [2.75, 3.05) is 31.7 Å². The minimum absolute atomic E-state index is 0.0704. The normalized spacial score (nSPS) is 11.4. The fourth-order valence-corrected chi connectivity index (χ4v) is 6.15. The van der Waals surface area contributed by atoms with Gasteiger partial charge in [-0.05, 0) is 87.9 Å². The molecule has 0 saturated heterocycles. The average molecular weight is 605 g/mol. The van der Waals surface area contributed by atoms with E-state index < -0.39 is 22.5 Å². The van der Waals surface area contributed by atoms with Crippen molar-refractivity contribution in [2.45, 2.75) is 32.6 Å². The van der Waals surface area contributed by atoms with Crippen molar-refractivity contribution in [1.29, 1.82) is 0 Å². The van der Waals surface area contributed by atoms with Crippen LogP contribution >= 0.6 is 0 Å². The molecule has 10 nitrogen and oxygen atoms in total. The van der Waals surface area contributed by atoms with Crippen molar-refractivity contribution in [2.24, 2.45) is 5.10 Å². The third kappa shape index (κ3) is 7.00. The van der Waals surface area contributed by atoms with Crippen LogP contribution in [0.15, 0.2) is 82.8 Å². The second-order valence-electron chi connectivity index (χ2n) is 9.75. The minimum atomic E-state index is -4.21. The van der Waals surface area contributed by atoms with E-state index in [0.29, 0.717) is 18.1 Å². The second kappa shape index (κ2) is 13.5. The summed E-state index contributed by atoms with van der Waals surface area (Å²) in [6, 6.07) is 20.9. The number of rotatable bonds is 12. The lowest BCUT2D eigenvalue weighted by Gasteiger charge is -2.24. The van der Waals surface area contributed by atoms with E-state index in [1.165, 1.54) is 32.4 Å². The molecule has 4 rings (SSSR count). The van der Waals surface area contributed by atoms with Crippen LogP contribution in [0.4, 0.5) is 5.69 Å². The third-order valence-corrected chi connectivity index (χ3v) is 8.56. The van der Waals surface area contributed by atoms with E-state index in [0.717, 1.165) is 32.5 Å². The van der Waals surface area contributed by atoms with Crippen molar-refractivity contribution in [3.8, 4) is 22.9 Å². The molecule has 1 heterocycles. The molecule has 0 fully saturated rings. The monoisotopic (exact) mass is 604 g/mol. The Kier molecular flexibility index (Phi) is 9.77. The number of amides is 1. The van der Waals surface area contributed by atoms with Gasteiger partial charge in [-0.3, -0.25) is 9.10 Å². The van der Waals surface area contributed by atoms with Gasteiger partial charge in [0.25, 0.3) is 15.9 Å². The Labute approximate surface area is 252 Å². The van der Waals surface area contributed by atoms with Gasteiger partial charge in [-0.2, -0.15) is 5.10 Å². The molecule has 0 aliphatic rings. The summed E-state index contributed by atoms with van der Waals surface area (Å²) < 4.78 is 46.9. The number of nitrogens with one attached hydrogen (secondary N) is 1. The Bertz CT molecular complexity index is 1730. The van der Waals surface area contributed by atoms with E-state index in [-0.39, 0.29) is 16.3 Å². The Hall–Kier alpha value is -4.77. The van der Waals surface area contributed by atoms with E-state index in [1.807, 2.05) is 52.0 Å². The molecule has 0 aliphatic heterocycles. The molecule has 0 spiro atoms. The largest absolute Gasteiger partial charge is 0.494 e. The number of ether oxygens (including phenoxy) is 3. The number of sulfonamides is 1. The smallest absolute Gasteiger partial charge is 0.264 e. The van der Waals surface area contributed by atoms with Gasteiger partial charge in [0.1, 0.15) is 12.3 Å². The SMILES string of the molecule is CCOc1ccc(N(CC(=O)N/N=C\c2cc(C)n(-c3cccc(C)c3)c2C)S(=O)(=O)c2ccc(OC)c(OC)c2)cc1. The molecule has 11 heteroatoms. The maximum absolute atomic E-state index is 13.9. The predicted octanol–water partition coefficient (Wildman–Crippen LogP) is 5.16. The summed E-state index contributed by atoms with van der Waals surface area (Å²) in [6.45, 7) is 7.80. The number of nitrogens with zero attached hydrogens (tertiary/aromatic N) is 3. The highest BCUT2D eigenvalue weighted by molar-refractivity contribution is 7.92. The lowest BCUT2D eigenvalue weighted by Crippen LogP contribution is -2.39. The number of carbonyl (C=O) groups excluding carboxylic acids is 1. The Balaban J connectivity index is 1.59. The van der Waals surface area contributed by atoms with Crippen LogP contribution in [0.1, 0.15) is 29.4 Å². The molecule has 0 unspecified atom stereocenters. The average Bonchev–Trinajstić information content (AvgIpc) is 3.28. The number of carbonyl (C=O) groups is 1. The number of benzene rings is 3. The number of aromatic nitrogens is 1. The standard InChI is InChI=1S/C32H36N4O6S/c1-7-42-28-13-11-26(12-14-28)35(43(38,39)29-15-16-30(40-5)31(19-29)41-6)21-32(37)34-33-20-25-18-23(3)36(24(25)4)27-10-8-9-22(2)17-27/h8-20H,7,21H2,1-6H3,(H,34,37)/b33-20-. The van der Waals surface area contributed by atoms with Gasteiger partial charge in [-0.1, -0.05) is 12.1 Å². The molecule has 0 atom stereocenters. The van der Waals surface area contributed by atoms with Gasteiger partial charge in [0.05, 0.1) is 37.6 Å². The zero-order valence-electron chi connectivity index (χ0n) is 25.1. The predicted molar refractivity (Wildman–Crippen MR) is 167 cm³/mol. The van der Waals surface area contributed by atoms with Crippen molar-refractivity contribution in [1.82, 2.24) is 9.99 Å². The highest BCUT2D eigenvalue weighted by Gasteiger charge is 2.28. The molecule has 0 saturated carbocycles. The fourth-order valence-electron chi connectivity index (χ4n) is 4.72. The van der Waals surface area contributed by atoms with Gasteiger partial charge >= 0.3 is 0 Å². The zero-order chi connectivity index (χ0) is 31.1. The summed E-state index contributed by atoms with van der Waals surface area (Å²) in [6.07, 6.45) is 1.55. The molecule has 0 radical (unpaired) electrons. The van der Waals surface area contributed by atoms with Gasteiger partial charge in [0.15, 0.2) is 11.5 Å². The van der Waals surface area contributed by atoms with Crippen molar-refractivity contribution >= 4 is 27.8 Å². The van der Waals surface area contributed by atoms with Crippen molar-refractivity contribution < 1.29 is 27.4 Å². The topological polar surface area (TPSA) is 111 Å². The van der Waals surface area contributed by atoms with Crippen LogP contribution < -0.4 is 23.9 Å². The van der Waals surface area contributed by atoms with E-state index in [4.69, 9.17) is 14.2 Å². The van der Waals surface area contributed by atoms with Gasteiger partial charge in [0, 0.05) is 28.7 Å². The molecule has 226 valence electrons. The number of hydrogen-bond acceptors (Lipinski definition) is 7. The second-order valence-corrected chi connectivity index (χ2v) is 11.6. The Morgan fingerprint density at radius 1 is 0.953 bits per heavy atom. The quantitative estimate of drug-likeness (QED) is 0.177. The first-order chi connectivity index (χ1) is 20.6.